The van der Waals surface area contributed by atoms with Crippen LogP contribution in [0.3, 0.4) is 0 Å². The van der Waals surface area contributed by atoms with E-state index in [4.69, 9.17) is 11.6 Å². The van der Waals surface area contributed by atoms with Crippen molar-refractivity contribution in [1.29, 1.82) is 0 Å². The second-order valence-corrected chi connectivity index (χ2v) is 5.25. The normalized spacial score (nSPS) is 11.8. The number of carbonyl (C=O) groups is 1. The van der Waals surface area contributed by atoms with E-state index in [0.717, 1.165) is 17.3 Å². The molecule has 5 heteroatoms. The molecule has 0 bridgehead atoms. The van der Waals surface area contributed by atoms with E-state index < -0.39 is 11.9 Å². The molecule has 0 fully saturated rings. The zero-order valence-electron chi connectivity index (χ0n) is 11.8. The Morgan fingerprint density at radius 1 is 1.19 bits per heavy atom. The van der Waals surface area contributed by atoms with Crippen LogP contribution in [0.5, 0.6) is 0 Å². The number of halogens is 2. The van der Waals surface area contributed by atoms with Crippen molar-refractivity contribution in [1.82, 2.24) is 0 Å². The van der Waals surface area contributed by atoms with Gasteiger partial charge in [0.2, 0.25) is 5.91 Å². The number of nitrogens with one attached hydrogen (secondary N) is 2. The Labute approximate surface area is 128 Å². The molecule has 0 radical (unpaired) electrons. The van der Waals surface area contributed by atoms with Crippen molar-refractivity contribution in [2.75, 3.05) is 10.6 Å². The van der Waals surface area contributed by atoms with E-state index in [1.807, 2.05) is 31.2 Å². The largest absolute Gasteiger partial charge is 0.374 e. The Hall–Kier alpha value is -2.07. The molecule has 0 aliphatic rings. The van der Waals surface area contributed by atoms with Gasteiger partial charge in [-0.1, -0.05) is 29.3 Å². The average molecular weight is 307 g/mol. The molecule has 0 saturated heterocycles. The zero-order valence-corrected chi connectivity index (χ0v) is 12.5. The number of carbonyl (C=O) groups excluding carboxylic acids is 1. The Balaban J connectivity index is 2.00. The molecule has 0 spiro atoms. The standard InChI is InChI=1S/C16H16ClFN2O/c1-10-3-6-13(7-4-10)19-11(2)16(21)20-15-8-5-12(18)9-14(15)17/h3-9,11,19H,1-2H3,(H,20,21)/t11-/m0/s1. The van der Waals surface area contributed by atoms with E-state index in [1.165, 1.54) is 12.1 Å². The lowest BCUT2D eigenvalue weighted by Crippen LogP contribution is -2.31. The lowest BCUT2D eigenvalue weighted by atomic mass is 10.2. The number of aryl methyl sites for hydroxylation is 1. The van der Waals surface area contributed by atoms with Crippen molar-refractivity contribution in [3.8, 4) is 0 Å². The number of amides is 1. The second kappa shape index (κ2) is 6.59. The molecule has 3 nitrogen and oxygen atoms in total. The van der Waals surface area contributed by atoms with Gasteiger partial charge < -0.3 is 10.6 Å². The number of anilines is 2. The highest BCUT2D eigenvalue weighted by atomic mass is 35.5. The van der Waals surface area contributed by atoms with Crippen molar-refractivity contribution in [2.24, 2.45) is 0 Å². The van der Waals surface area contributed by atoms with Crippen LogP contribution >= 0.6 is 11.6 Å². The minimum atomic E-state index is -0.450. The summed E-state index contributed by atoms with van der Waals surface area (Å²) in [6.45, 7) is 3.74. The third kappa shape index (κ3) is 4.20. The third-order valence-corrected chi connectivity index (χ3v) is 3.33. The van der Waals surface area contributed by atoms with E-state index in [0.29, 0.717) is 5.69 Å². The summed E-state index contributed by atoms with van der Waals surface area (Å²) in [6.07, 6.45) is 0. The fourth-order valence-corrected chi connectivity index (χ4v) is 2.01. The summed E-state index contributed by atoms with van der Waals surface area (Å²) < 4.78 is 13.0. The van der Waals surface area contributed by atoms with Gasteiger partial charge in [-0.25, -0.2) is 4.39 Å². The van der Waals surface area contributed by atoms with Crippen molar-refractivity contribution >= 4 is 28.9 Å². The summed E-state index contributed by atoms with van der Waals surface area (Å²) in [4.78, 5) is 12.1. The molecule has 0 aliphatic heterocycles. The van der Waals surface area contributed by atoms with Crippen LogP contribution in [-0.2, 0) is 4.79 Å². The minimum Gasteiger partial charge on any atom is -0.374 e. The SMILES string of the molecule is Cc1ccc(N[C@@H](C)C(=O)Nc2ccc(F)cc2Cl)cc1. The number of rotatable bonds is 4. The van der Waals surface area contributed by atoms with Crippen LogP contribution in [0, 0.1) is 12.7 Å². The molecular formula is C16H16ClFN2O. The van der Waals surface area contributed by atoms with Crippen molar-refractivity contribution in [2.45, 2.75) is 19.9 Å². The quantitative estimate of drug-likeness (QED) is 0.887. The minimum absolute atomic E-state index is 0.172. The van der Waals surface area contributed by atoms with Crippen LogP contribution in [0.25, 0.3) is 0 Å². The summed E-state index contributed by atoms with van der Waals surface area (Å²) in [5, 5.41) is 5.93. The van der Waals surface area contributed by atoms with Crippen molar-refractivity contribution < 1.29 is 9.18 Å². The highest BCUT2D eigenvalue weighted by Crippen LogP contribution is 2.22. The van der Waals surface area contributed by atoms with Gasteiger partial charge in [-0.2, -0.15) is 0 Å². The van der Waals surface area contributed by atoms with Gasteiger partial charge in [0.1, 0.15) is 11.9 Å². The number of hydrogen-bond donors (Lipinski definition) is 2. The second-order valence-electron chi connectivity index (χ2n) is 4.85. The smallest absolute Gasteiger partial charge is 0.246 e. The Bertz CT molecular complexity index is 643. The maximum atomic E-state index is 13.0. The van der Waals surface area contributed by atoms with E-state index in [9.17, 15) is 9.18 Å². The Morgan fingerprint density at radius 2 is 1.86 bits per heavy atom. The molecule has 2 aromatic carbocycles. The summed E-state index contributed by atoms with van der Waals surface area (Å²) in [6, 6.07) is 11.1. The fraction of sp³-hybridized carbons (Fsp3) is 0.188. The first-order valence-electron chi connectivity index (χ1n) is 6.55. The average Bonchev–Trinajstić information content (AvgIpc) is 2.44. The Kier molecular flexibility index (Phi) is 4.81. The van der Waals surface area contributed by atoms with E-state index in [-0.39, 0.29) is 10.9 Å². The molecule has 2 rings (SSSR count). The lowest BCUT2D eigenvalue weighted by molar-refractivity contribution is -0.116. The van der Waals surface area contributed by atoms with E-state index in [2.05, 4.69) is 10.6 Å². The molecule has 0 aliphatic carbocycles. The van der Waals surface area contributed by atoms with Gasteiger partial charge in [0, 0.05) is 5.69 Å². The number of benzene rings is 2. The summed E-state index contributed by atoms with van der Waals surface area (Å²) in [5.74, 6) is -0.687. The van der Waals surface area contributed by atoms with E-state index in [1.54, 1.807) is 6.92 Å². The van der Waals surface area contributed by atoms with Gasteiger partial charge in [0.05, 0.1) is 10.7 Å². The zero-order chi connectivity index (χ0) is 15.4. The maximum absolute atomic E-state index is 13.0. The van der Waals surface area contributed by atoms with Gasteiger partial charge in [-0.05, 0) is 44.2 Å². The number of hydrogen-bond acceptors (Lipinski definition) is 2. The summed E-state index contributed by atoms with van der Waals surface area (Å²) in [5.41, 5.74) is 2.39. The monoisotopic (exact) mass is 306 g/mol. The molecule has 0 unspecified atom stereocenters. The molecule has 0 aromatic heterocycles. The van der Waals surface area contributed by atoms with Gasteiger partial charge in [0.15, 0.2) is 0 Å². The first-order valence-corrected chi connectivity index (χ1v) is 6.92. The van der Waals surface area contributed by atoms with Gasteiger partial charge in [-0.3, -0.25) is 4.79 Å². The topological polar surface area (TPSA) is 41.1 Å². The van der Waals surface area contributed by atoms with E-state index >= 15 is 0 Å². The third-order valence-electron chi connectivity index (χ3n) is 3.02. The summed E-state index contributed by atoms with van der Waals surface area (Å²) >= 11 is 5.88. The molecular weight excluding hydrogens is 291 g/mol. The highest BCUT2D eigenvalue weighted by Gasteiger charge is 2.14. The molecule has 2 aromatic rings. The summed E-state index contributed by atoms with van der Waals surface area (Å²) in [7, 11) is 0. The van der Waals surface area contributed by atoms with Gasteiger partial charge in [0.25, 0.3) is 0 Å². The van der Waals surface area contributed by atoms with Crippen LogP contribution in [-0.4, -0.2) is 11.9 Å². The van der Waals surface area contributed by atoms with Crippen molar-refractivity contribution in [3.63, 3.8) is 0 Å². The molecule has 21 heavy (non-hydrogen) atoms. The lowest BCUT2D eigenvalue weighted by Gasteiger charge is -2.16. The molecule has 0 heterocycles. The Morgan fingerprint density at radius 3 is 2.48 bits per heavy atom. The maximum Gasteiger partial charge on any atom is 0.246 e. The molecule has 1 amide bonds. The van der Waals surface area contributed by atoms with Crippen LogP contribution in [0.1, 0.15) is 12.5 Å². The van der Waals surface area contributed by atoms with Crippen LogP contribution in [0.15, 0.2) is 42.5 Å². The van der Waals surface area contributed by atoms with Gasteiger partial charge in [-0.15, -0.1) is 0 Å². The molecule has 1 atom stereocenters. The van der Waals surface area contributed by atoms with Crippen LogP contribution in [0.4, 0.5) is 15.8 Å². The van der Waals surface area contributed by atoms with Crippen LogP contribution in [0.2, 0.25) is 5.02 Å². The first kappa shape index (κ1) is 15.3. The molecule has 0 saturated carbocycles. The molecule has 110 valence electrons. The fourth-order valence-electron chi connectivity index (χ4n) is 1.80. The predicted octanol–water partition coefficient (Wildman–Crippen LogP) is 4.23. The first-order chi connectivity index (χ1) is 9.95. The molecule has 2 N–H and O–H groups in total. The van der Waals surface area contributed by atoms with Gasteiger partial charge >= 0.3 is 0 Å². The highest BCUT2D eigenvalue weighted by molar-refractivity contribution is 6.33. The predicted molar refractivity (Wildman–Crippen MR) is 84.3 cm³/mol. The van der Waals surface area contributed by atoms with Crippen LogP contribution < -0.4 is 10.6 Å². The van der Waals surface area contributed by atoms with Crippen molar-refractivity contribution in [3.05, 3.63) is 58.9 Å².